The maximum absolute atomic E-state index is 4.18. The number of rotatable bonds is 2. The summed E-state index contributed by atoms with van der Waals surface area (Å²) in [5.74, 6) is 0.931. The Morgan fingerprint density at radius 2 is 2.08 bits per heavy atom. The van der Waals surface area contributed by atoms with E-state index in [1.165, 1.54) is 0 Å². The van der Waals surface area contributed by atoms with Crippen LogP contribution in [0.2, 0.25) is 0 Å². The van der Waals surface area contributed by atoms with Gasteiger partial charge in [-0.3, -0.25) is 0 Å². The Labute approximate surface area is 80.6 Å². The molecule has 0 aliphatic heterocycles. The summed E-state index contributed by atoms with van der Waals surface area (Å²) in [6, 6.07) is 0. The fraction of sp³-hybridized carbons (Fsp3) is 0.364. The smallest absolute Gasteiger partial charge is 0.136 e. The largest absolute Gasteiger partial charge is 0.305 e. The topological polar surface area (TPSA) is 17.8 Å². The molecule has 0 N–H and O–H groups in total. The van der Waals surface area contributed by atoms with E-state index in [-0.39, 0.29) is 0 Å². The van der Waals surface area contributed by atoms with Gasteiger partial charge in [0.25, 0.3) is 0 Å². The van der Waals surface area contributed by atoms with Crippen molar-refractivity contribution in [2.24, 2.45) is 0 Å². The van der Waals surface area contributed by atoms with E-state index in [1.807, 2.05) is 50.6 Å². The Balaban J connectivity index is 0.000000671. The first-order chi connectivity index (χ1) is 6.29. The molecule has 72 valence electrons. The molecule has 1 aromatic rings. The molecule has 0 saturated carbocycles. The second-order valence-corrected chi connectivity index (χ2v) is 2.31. The summed E-state index contributed by atoms with van der Waals surface area (Å²) in [4.78, 5) is 4.18. The van der Waals surface area contributed by atoms with Crippen molar-refractivity contribution in [1.82, 2.24) is 9.55 Å². The van der Waals surface area contributed by atoms with Gasteiger partial charge in [0.2, 0.25) is 0 Å². The molecule has 0 fully saturated rings. The fourth-order valence-corrected chi connectivity index (χ4v) is 0.975. The summed E-state index contributed by atoms with van der Waals surface area (Å²) in [5, 5.41) is 0. The molecule has 2 heteroatoms. The highest BCUT2D eigenvalue weighted by Crippen LogP contribution is 2.05. The molecule has 0 aliphatic carbocycles. The van der Waals surface area contributed by atoms with Crippen LogP contribution in [0.25, 0.3) is 12.3 Å². The van der Waals surface area contributed by atoms with Gasteiger partial charge in [-0.15, -0.1) is 0 Å². The summed E-state index contributed by atoms with van der Waals surface area (Å²) in [6.07, 6.45) is 7.51. The first kappa shape index (κ1) is 11.7. The van der Waals surface area contributed by atoms with Crippen molar-refractivity contribution >= 4 is 12.3 Å². The van der Waals surface area contributed by atoms with Gasteiger partial charge in [-0.05, 0) is 19.9 Å². The van der Waals surface area contributed by atoms with Crippen LogP contribution in [0.4, 0.5) is 0 Å². The maximum atomic E-state index is 4.18. The number of hydrogen-bond acceptors (Lipinski definition) is 1. The average molecular weight is 178 g/mol. The van der Waals surface area contributed by atoms with Gasteiger partial charge in [0.15, 0.2) is 0 Å². The Morgan fingerprint density at radius 3 is 2.54 bits per heavy atom. The number of aromatic nitrogens is 2. The molecule has 0 amide bonds. The van der Waals surface area contributed by atoms with Gasteiger partial charge in [0.05, 0.1) is 0 Å². The average Bonchev–Trinajstić information content (AvgIpc) is 2.51. The molecule has 1 aromatic heterocycles. The molecule has 0 aromatic carbocycles. The van der Waals surface area contributed by atoms with Crippen molar-refractivity contribution in [1.29, 1.82) is 0 Å². The van der Waals surface area contributed by atoms with Crippen LogP contribution < -0.4 is 0 Å². The number of imidazole rings is 1. The van der Waals surface area contributed by atoms with Crippen molar-refractivity contribution in [3.8, 4) is 0 Å². The molecule has 1 rings (SSSR count). The molecule has 0 unspecified atom stereocenters. The summed E-state index contributed by atoms with van der Waals surface area (Å²) < 4.78 is 1.94. The number of aryl methyl sites for hydroxylation is 1. The Hall–Kier alpha value is -1.31. The van der Waals surface area contributed by atoms with E-state index in [9.17, 15) is 0 Å². The molecule has 0 radical (unpaired) electrons. The highest BCUT2D eigenvalue weighted by molar-refractivity contribution is 5.45. The van der Waals surface area contributed by atoms with E-state index < -0.39 is 0 Å². The fourth-order valence-electron chi connectivity index (χ4n) is 0.975. The third-order valence-corrected chi connectivity index (χ3v) is 1.51. The van der Waals surface area contributed by atoms with Crippen LogP contribution in [-0.4, -0.2) is 9.55 Å². The van der Waals surface area contributed by atoms with Crippen LogP contribution in [0.15, 0.2) is 18.9 Å². The Kier molecular flexibility index (Phi) is 5.60. The zero-order chi connectivity index (χ0) is 10.3. The monoisotopic (exact) mass is 178 g/mol. The first-order valence-corrected chi connectivity index (χ1v) is 4.58. The second kappa shape index (κ2) is 6.23. The minimum absolute atomic E-state index is 0.931. The van der Waals surface area contributed by atoms with Gasteiger partial charge in [0.1, 0.15) is 5.82 Å². The van der Waals surface area contributed by atoms with Crippen LogP contribution in [0.1, 0.15) is 32.3 Å². The van der Waals surface area contributed by atoms with Crippen molar-refractivity contribution < 1.29 is 0 Å². The molecule has 0 saturated heterocycles. The molecule has 13 heavy (non-hydrogen) atoms. The Morgan fingerprint density at radius 1 is 1.46 bits per heavy atom. The quantitative estimate of drug-likeness (QED) is 0.679. The van der Waals surface area contributed by atoms with E-state index in [2.05, 4.69) is 11.6 Å². The molecular weight excluding hydrogens is 160 g/mol. The van der Waals surface area contributed by atoms with Gasteiger partial charge in [-0.25, -0.2) is 4.98 Å². The lowest BCUT2D eigenvalue weighted by Crippen LogP contribution is -1.90. The summed E-state index contributed by atoms with van der Waals surface area (Å²) in [7, 11) is 0. The summed E-state index contributed by atoms with van der Waals surface area (Å²) in [5.41, 5.74) is 1.10. The second-order valence-electron chi connectivity index (χ2n) is 2.31. The van der Waals surface area contributed by atoms with Crippen molar-refractivity contribution in [3.05, 3.63) is 30.4 Å². The molecule has 1 heterocycles. The SMILES string of the molecule is C=Cn1c(C)cnc1/C=C\C.CC. The number of nitrogens with zero attached hydrogens (tertiary/aromatic N) is 2. The number of hydrogen-bond donors (Lipinski definition) is 0. The molecule has 2 nitrogen and oxygen atoms in total. The van der Waals surface area contributed by atoms with E-state index >= 15 is 0 Å². The Bertz CT molecular complexity index is 282. The highest BCUT2D eigenvalue weighted by atomic mass is 15.1. The lowest BCUT2D eigenvalue weighted by molar-refractivity contribution is 1.05. The van der Waals surface area contributed by atoms with Crippen molar-refractivity contribution in [3.63, 3.8) is 0 Å². The zero-order valence-corrected chi connectivity index (χ0v) is 8.91. The summed E-state index contributed by atoms with van der Waals surface area (Å²) >= 11 is 0. The van der Waals surface area contributed by atoms with E-state index in [1.54, 1.807) is 6.20 Å². The molecule has 0 spiro atoms. The summed E-state index contributed by atoms with van der Waals surface area (Å²) in [6.45, 7) is 11.7. The van der Waals surface area contributed by atoms with E-state index in [4.69, 9.17) is 0 Å². The van der Waals surface area contributed by atoms with Crippen LogP contribution in [0.5, 0.6) is 0 Å². The molecule has 0 atom stereocenters. The standard InChI is InChI=1S/C9H12N2.C2H6/c1-4-6-9-10-7-8(3)11(9)5-2;1-2/h4-7H,2H2,1,3H3;1-2H3/b6-4-;. The third-order valence-electron chi connectivity index (χ3n) is 1.51. The van der Waals surface area contributed by atoms with Crippen molar-refractivity contribution in [2.75, 3.05) is 0 Å². The normalized spacial score (nSPS) is 9.54. The molecule has 0 bridgehead atoms. The van der Waals surface area contributed by atoms with E-state index in [0.717, 1.165) is 11.5 Å². The predicted octanol–water partition coefficient (Wildman–Crippen LogP) is 3.35. The lowest BCUT2D eigenvalue weighted by Gasteiger charge is -1.97. The van der Waals surface area contributed by atoms with Gasteiger partial charge in [-0.2, -0.15) is 0 Å². The minimum atomic E-state index is 0.931. The molecular formula is C11H18N2. The van der Waals surface area contributed by atoms with Crippen LogP contribution in [0.3, 0.4) is 0 Å². The lowest BCUT2D eigenvalue weighted by atomic mass is 10.5. The highest BCUT2D eigenvalue weighted by Gasteiger charge is 1.97. The maximum Gasteiger partial charge on any atom is 0.136 e. The van der Waals surface area contributed by atoms with Crippen LogP contribution in [0, 0.1) is 6.92 Å². The van der Waals surface area contributed by atoms with Gasteiger partial charge in [-0.1, -0.05) is 26.5 Å². The predicted molar refractivity (Wildman–Crippen MR) is 59.4 cm³/mol. The minimum Gasteiger partial charge on any atom is -0.305 e. The number of allylic oxidation sites excluding steroid dienone is 1. The van der Waals surface area contributed by atoms with Gasteiger partial charge >= 0.3 is 0 Å². The van der Waals surface area contributed by atoms with Gasteiger partial charge in [0, 0.05) is 18.1 Å². The van der Waals surface area contributed by atoms with E-state index in [0.29, 0.717) is 0 Å². The third kappa shape index (κ3) is 2.90. The van der Waals surface area contributed by atoms with Crippen LogP contribution in [-0.2, 0) is 0 Å². The van der Waals surface area contributed by atoms with Crippen LogP contribution >= 0.6 is 0 Å². The molecule has 0 aliphatic rings. The van der Waals surface area contributed by atoms with Crippen molar-refractivity contribution in [2.45, 2.75) is 27.7 Å². The first-order valence-electron chi connectivity index (χ1n) is 4.58. The zero-order valence-electron chi connectivity index (χ0n) is 8.91. The van der Waals surface area contributed by atoms with Gasteiger partial charge < -0.3 is 4.57 Å².